The lowest BCUT2D eigenvalue weighted by molar-refractivity contribution is -0.128. The topological polar surface area (TPSA) is 68.4 Å². The Hall–Kier alpha value is -3.54. The lowest BCUT2D eigenvalue weighted by atomic mass is 9.99. The number of carbonyl (C=O) groups excluding carboxylic acids is 2. The van der Waals surface area contributed by atoms with Gasteiger partial charge in [-0.3, -0.25) is 4.79 Å². The maximum Gasteiger partial charge on any atom is 0.322 e. The van der Waals surface area contributed by atoms with Crippen LogP contribution in [0.5, 0.6) is 0 Å². The summed E-state index contributed by atoms with van der Waals surface area (Å²) in [6.45, 7) is 2.75. The number of likely N-dealkylation sites (tertiary alicyclic amines) is 1. The molecular weight excluding hydrogens is 388 g/mol. The molecule has 0 radical (unpaired) electrons. The zero-order valence-corrected chi connectivity index (χ0v) is 17.4. The van der Waals surface area contributed by atoms with Crippen LogP contribution in [0.25, 0.3) is 16.5 Å². The normalized spacial score (nSPS) is 16.6. The maximum atomic E-state index is 12.7. The second-order valence-electron chi connectivity index (χ2n) is 8.22. The smallest absolute Gasteiger partial charge is 0.322 e. The maximum absolute atomic E-state index is 12.7. The average Bonchev–Trinajstić information content (AvgIpc) is 3.41. The van der Waals surface area contributed by atoms with E-state index in [-0.39, 0.29) is 11.9 Å². The van der Waals surface area contributed by atoms with E-state index in [1.807, 2.05) is 40.1 Å². The summed E-state index contributed by atoms with van der Waals surface area (Å²) < 4.78 is 0. The van der Waals surface area contributed by atoms with Gasteiger partial charge in [0.05, 0.1) is 0 Å². The number of aromatic amines is 1. The molecule has 3 aromatic rings. The number of amides is 3. The van der Waals surface area contributed by atoms with Crippen molar-refractivity contribution in [3.63, 3.8) is 0 Å². The van der Waals surface area contributed by atoms with Crippen LogP contribution in [0.15, 0.2) is 60.8 Å². The minimum Gasteiger partial charge on any atom is -0.361 e. The van der Waals surface area contributed by atoms with E-state index in [0.29, 0.717) is 26.1 Å². The lowest BCUT2D eigenvalue weighted by Crippen LogP contribution is -2.37. The number of carbonyl (C=O) groups is 2. The standard InChI is InChI=1S/C25H26N4O2/c30-24-6-3-13-29(24)17-18-7-9-20(10-8-18)27-25(31)28-14-11-19(12-15-28)22-16-26-23-5-2-1-4-21(22)23/h1-2,4-5,7-11,16,26H,3,6,12-15,17H2,(H,27,31). The van der Waals surface area contributed by atoms with Crippen molar-refractivity contribution in [2.24, 2.45) is 0 Å². The van der Waals surface area contributed by atoms with Crippen molar-refractivity contribution in [1.29, 1.82) is 0 Å². The summed E-state index contributed by atoms with van der Waals surface area (Å²) in [5.41, 5.74) is 5.49. The predicted octanol–water partition coefficient (Wildman–Crippen LogP) is 4.61. The molecule has 3 heterocycles. The zero-order chi connectivity index (χ0) is 21.2. The highest BCUT2D eigenvalue weighted by atomic mass is 16.2. The van der Waals surface area contributed by atoms with Gasteiger partial charge in [0.25, 0.3) is 0 Å². The minimum absolute atomic E-state index is 0.0864. The van der Waals surface area contributed by atoms with E-state index in [4.69, 9.17) is 0 Å². The third kappa shape index (κ3) is 4.06. The largest absolute Gasteiger partial charge is 0.361 e. The Balaban J connectivity index is 1.19. The van der Waals surface area contributed by atoms with Crippen LogP contribution in [0.3, 0.4) is 0 Å². The molecule has 6 heteroatoms. The molecule has 0 spiro atoms. The molecule has 0 atom stereocenters. The van der Waals surface area contributed by atoms with Gasteiger partial charge in [-0.15, -0.1) is 0 Å². The molecule has 1 fully saturated rings. The Bertz CT molecular complexity index is 1150. The molecule has 0 bridgehead atoms. The molecule has 2 aromatic carbocycles. The van der Waals surface area contributed by atoms with Crippen molar-refractivity contribution in [2.45, 2.75) is 25.8 Å². The summed E-state index contributed by atoms with van der Waals surface area (Å²) in [5.74, 6) is 0.225. The van der Waals surface area contributed by atoms with Gasteiger partial charge in [-0.25, -0.2) is 4.79 Å². The van der Waals surface area contributed by atoms with Gasteiger partial charge in [-0.2, -0.15) is 0 Å². The Morgan fingerprint density at radius 1 is 1.03 bits per heavy atom. The SMILES string of the molecule is O=C1CCCN1Cc1ccc(NC(=O)N2CC=C(c3c[nH]c4ccccc34)CC2)cc1. The van der Waals surface area contributed by atoms with E-state index in [9.17, 15) is 9.59 Å². The van der Waals surface area contributed by atoms with E-state index >= 15 is 0 Å². The molecule has 6 nitrogen and oxygen atoms in total. The van der Waals surface area contributed by atoms with Crippen LogP contribution in [-0.4, -0.2) is 46.4 Å². The van der Waals surface area contributed by atoms with E-state index < -0.39 is 0 Å². The van der Waals surface area contributed by atoms with Gasteiger partial charge < -0.3 is 20.1 Å². The molecule has 5 rings (SSSR count). The lowest BCUT2D eigenvalue weighted by Gasteiger charge is -2.26. The van der Waals surface area contributed by atoms with Gasteiger partial charge in [0.15, 0.2) is 0 Å². The molecule has 1 aromatic heterocycles. The number of anilines is 1. The van der Waals surface area contributed by atoms with Crippen molar-refractivity contribution in [3.8, 4) is 0 Å². The average molecular weight is 415 g/mol. The van der Waals surface area contributed by atoms with E-state index in [2.05, 4.69) is 40.8 Å². The second-order valence-corrected chi connectivity index (χ2v) is 8.22. The number of aromatic nitrogens is 1. The summed E-state index contributed by atoms with van der Waals surface area (Å²) in [6, 6.07) is 16.0. The molecule has 0 aliphatic carbocycles. The summed E-state index contributed by atoms with van der Waals surface area (Å²) >= 11 is 0. The van der Waals surface area contributed by atoms with E-state index in [1.54, 1.807) is 0 Å². The fraction of sp³-hybridized carbons (Fsp3) is 0.280. The van der Waals surface area contributed by atoms with Gasteiger partial charge in [0, 0.05) is 61.0 Å². The highest BCUT2D eigenvalue weighted by Gasteiger charge is 2.21. The number of hydrogen-bond acceptors (Lipinski definition) is 2. The van der Waals surface area contributed by atoms with Crippen molar-refractivity contribution < 1.29 is 9.59 Å². The van der Waals surface area contributed by atoms with Crippen LogP contribution in [0, 0.1) is 0 Å². The summed E-state index contributed by atoms with van der Waals surface area (Å²) in [4.78, 5) is 31.5. The quantitative estimate of drug-likeness (QED) is 0.655. The van der Waals surface area contributed by atoms with Crippen LogP contribution >= 0.6 is 0 Å². The number of para-hydroxylation sites is 1. The van der Waals surface area contributed by atoms with Gasteiger partial charge in [0.2, 0.25) is 5.91 Å². The second kappa shape index (κ2) is 8.30. The molecule has 31 heavy (non-hydrogen) atoms. The molecule has 2 aliphatic heterocycles. The van der Waals surface area contributed by atoms with Crippen LogP contribution in [0.4, 0.5) is 10.5 Å². The van der Waals surface area contributed by atoms with Crippen LogP contribution < -0.4 is 5.32 Å². The Labute approximate surface area is 181 Å². The molecule has 2 N–H and O–H groups in total. The molecule has 2 aliphatic rings. The van der Waals surface area contributed by atoms with Gasteiger partial charge in [-0.1, -0.05) is 36.4 Å². The fourth-order valence-electron chi connectivity index (χ4n) is 4.42. The van der Waals surface area contributed by atoms with Crippen molar-refractivity contribution in [2.75, 3.05) is 25.0 Å². The molecule has 3 amide bonds. The van der Waals surface area contributed by atoms with Crippen molar-refractivity contribution in [1.82, 2.24) is 14.8 Å². The highest BCUT2D eigenvalue weighted by Crippen LogP contribution is 2.29. The molecule has 1 saturated heterocycles. The number of nitrogens with zero attached hydrogens (tertiary/aromatic N) is 2. The third-order valence-electron chi connectivity index (χ3n) is 6.18. The number of urea groups is 1. The van der Waals surface area contributed by atoms with Crippen LogP contribution in [-0.2, 0) is 11.3 Å². The Kier molecular flexibility index (Phi) is 5.20. The number of H-pyrrole nitrogens is 1. The van der Waals surface area contributed by atoms with Crippen molar-refractivity contribution >= 4 is 34.1 Å². The number of rotatable bonds is 4. The summed E-state index contributed by atoms with van der Waals surface area (Å²) in [7, 11) is 0. The molecule has 158 valence electrons. The molecule has 0 saturated carbocycles. The highest BCUT2D eigenvalue weighted by molar-refractivity contribution is 5.94. The van der Waals surface area contributed by atoms with E-state index in [0.717, 1.165) is 36.2 Å². The Morgan fingerprint density at radius 3 is 2.61 bits per heavy atom. The first kappa shape index (κ1) is 19.4. The first-order valence-corrected chi connectivity index (χ1v) is 10.9. The monoisotopic (exact) mass is 414 g/mol. The van der Waals surface area contributed by atoms with Gasteiger partial charge in [-0.05, 0) is 42.2 Å². The first-order valence-electron chi connectivity index (χ1n) is 10.9. The van der Waals surface area contributed by atoms with Crippen LogP contribution in [0.1, 0.15) is 30.4 Å². The van der Waals surface area contributed by atoms with Crippen LogP contribution in [0.2, 0.25) is 0 Å². The summed E-state index contributed by atoms with van der Waals surface area (Å²) in [6.07, 6.45) is 6.64. The van der Waals surface area contributed by atoms with Crippen molar-refractivity contribution in [3.05, 3.63) is 71.9 Å². The van der Waals surface area contributed by atoms with Gasteiger partial charge in [0.1, 0.15) is 0 Å². The number of hydrogen-bond donors (Lipinski definition) is 2. The number of nitrogens with one attached hydrogen (secondary N) is 2. The predicted molar refractivity (Wildman–Crippen MR) is 123 cm³/mol. The van der Waals surface area contributed by atoms with E-state index in [1.165, 1.54) is 16.5 Å². The number of fused-ring (bicyclic) bond motifs is 1. The molecular formula is C25H26N4O2. The third-order valence-corrected chi connectivity index (χ3v) is 6.18. The summed E-state index contributed by atoms with van der Waals surface area (Å²) in [5, 5.41) is 4.22. The first-order chi connectivity index (χ1) is 15.2. The van der Waals surface area contributed by atoms with Gasteiger partial charge >= 0.3 is 6.03 Å². The Morgan fingerprint density at radius 2 is 1.87 bits per heavy atom. The molecule has 0 unspecified atom stereocenters. The number of benzene rings is 2. The zero-order valence-electron chi connectivity index (χ0n) is 17.4. The minimum atomic E-state index is -0.0864. The fourth-order valence-corrected chi connectivity index (χ4v) is 4.42.